The maximum Gasteiger partial charge on any atom is 0.224 e. The van der Waals surface area contributed by atoms with E-state index in [-0.39, 0.29) is 69.2 Å². The summed E-state index contributed by atoms with van der Waals surface area (Å²) < 4.78 is 63.2. The topological polar surface area (TPSA) is 230 Å². The second kappa shape index (κ2) is 18.9. The van der Waals surface area contributed by atoms with Crippen molar-refractivity contribution < 1.29 is 36.3 Å². The molecule has 7 N–H and O–H groups in total. The van der Waals surface area contributed by atoms with Crippen LogP contribution in [0.4, 0.5) is 32.3 Å². The molecule has 2 saturated heterocycles. The van der Waals surface area contributed by atoms with E-state index in [1.807, 2.05) is 6.92 Å². The summed E-state index contributed by atoms with van der Waals surface area (Å²) in [6.45, 7) is 4.55. The van der Waals surface area contributed by atoms with Gasteiger partial charge in [-0.15, -0.1) is 0 Å². The van der Waals surface area contributed by atoms with Gasteiger partial charge in [0.2, 0.25) is 33.5 Å². The molecule has 0 spiro atoms. The highest BCUT2D eigenvalue weighted by atomic mass is 32.2. The quantitative estimate of drug-likeness (QED) is 0.122. The molecule has 0 saturated carbocycles. The number of piperidine rings is 2. The van der Waals surface area contributed by atoms with Crippen LogP contribution in [0.15, 0.2) is 48.8 Å². The number of nitrogens with one attached hydrogen (secondary N) is 3. The number of hydrogen-bond acceptors (Lipinski definition) is 15. The number of halogens is 2. The Morgan fingerprint density at radius 1 is 0.786 bits per heavy atom. The van der Waals surface area contributed by atoms with Gasteiger partial charge in [-0.05, 0) is 81.6 Å². The zero-order chi connectivity index (χ0) is 40.4. The number of aromatic nitrogens is 4. The molecular weight excluding hydrogens is 751 g/mol. The molecule has 2 aliphatic heterocycles. The van der Waals surface area contributed by atoms with Gasteiger partial charge in [0, 0.05) is 37.6 Å². The van der Waals surface area contributed by atoms with Crippen LogP contribution >= 0.6 is 0 Å². The lowest BCUT2D eigenvalue weighted by Gasteiger charge is -2.31. The van der Waals surface area contributed by atoms with E-state index in [1.165, 1.54) is 55.2 Å². The largest absolute Gasteiger partial charge is 0.496 e. The van der Waals surface area contributed by atoms with Crippen molar-refractivity contribution in [2.24, 2.45) is 0 Å². The Bertz CT molecular complexity index is 2130. The van der Waals surface area contributed by atoms with E-state index in [9.17, 15) is 26.8 Å². The molecule has 16 nitrogen and oxygen atoms in total. The van der Waals surface area contributed by atoms with E-state index in [0.717, 1.165) is 38.1 Å². The van der Waals surface area contributed by atoms with Gasteiger partial charge >= 0.3 is 0 Å². The first-order valence-corrected chi connectivity index (χ1v) is 19.7. The van der Waals surface area contributed by atoms with Crippen LogP contribution in [0, 0.1) is 11.6 Å². The van der Waals surface area contributed by atoms with Gasteiger partial charge < -0.3 is 36.9 Å². The number of carbonyl (C=O) groups is 2. The molecule has 56 heavy (non-hydrogen) atoms. The van der Waals surface area contributed by atoms with Crippen molar-refractivity contribution in [3.63, 3.8) is 0 Å². The standard InChI is InChI=1S/C20H26FN5O4S.C17H20FN5O2/c1-3-10-31(28,29)26-8-6-14(7-9-26)24-20-23-12-16(19(22)25-20)18(27)15-11-13(21)4-5-17(15)30-2;1-25-14-3-2-10(18)8-12(14)15(24)13-9-21-17(23-16(13)19)22-11-4-6-20-7-5-11/h4-5,11-12,14H,3,6-10H2,1-2H3,(H3,22,23,24,25);2-3,8-9,11,20H,4-7H2,1H3,(H3,19,21,22,23). The summed E-state index contributed by atoms with van der Waals surface area (Å²) in [4.78, 5) is 42.1. The van der Waals surface area contributed by atoms with Gasteiger partial charge in [-0.3, -0.25) is 9.59 Å². The molecule has 2 aliphatic rings. The zero-order valence-corrected chi connectivity index (χ0v) is 32.2. The Labute approximate surface area is 323 Å². The summed E-state index contributed by atoms with van der Waals surface area (Å²) >= 11 is 0. The molecule has 0 radical (unpaired) electrons. The van der Waals surface area contributed by atoms with E-state index in [1.54, 1.807) is 0 Å². The van der Waals surface area contributed by atoms with Crippen molar-refractivity contribution in [1.29, 1.82) is 0 Å². The molecule has 0 amide bonds. The SMILES string of the molecule is CCCS(=O)(=O)N1CCC(Nc2ncc(C(=O)c3cc(F)ccc3OC)c(N)n2)CC1.COc1ccc(F)cc1C(=O)c1cnc(NC2CCNCC2)nc1N. The number of methoxy groups -OCH3 is 2. The van der Waals surface area contributed by atoms with Gasteiger partial charge in [0.25, 0.3) is 0 Å². The van der Waals surface area contributed by atoms with E-state index in [2.05, 4.69) is 35.9 Å². The van der Waals surface area contributed by atoms with Crippen LogP contribution in [0.5, 0.6) is 11.5 Å². The molecule has 2 aromatic carbocycles. The average molecular weight is 797 g/mol. The highest BCUT2D eigenvalue weighted by Crippen LogP contribution is 2.27. The lowest BCUT2D eigenvalue weighted by molar-refractivity contribution is 0.102. The maximum atomic E-state index is 13.6. The van der Waals surface area contributed by atoms with Gasteiger partial charge in [0.15, 0.2) is 0 Å². The van der Waals surface area contributed by atoms with Gasteiger partial charge in [0.1, 0.15) is 34.8 Å². The third kappa shape index (κ3) is 10.4. The second-order valence-electron chi connectivity index (χ2n) is 13.1. The summed E-state index contributed by atoms with van der Waals surface area (Å²) in [5.41, 5.74) is 12.2. The minimum Gasteiger partial charge on any atom is -0.496 e. The highest BCUT2D eigenvalue weighted by Gasteiger charge is 2.28. The first-order valence-electron chi connectivity index (χ1n) is 18.1. The first kappa shape index (κ1) is 41.6. The van der Waals surface area contributed by atoms with Crippen LogP contribution in [0.3, 0.4) is 0 Å². The number of ether oxygens (including phenoxy) is 2. The number of benzene rings is 2. The number of carbonyl (C=O) groups excluding carboxylic acids is 2. The smallest absolute Gasteiger partial charge is 0.224 e. The number of nitrogens with zero attached hydrogens (tertiary/aromatic N) is 5. The van der Waals surface area contributed by atoms with Crippen molar-refractivity contribution >= 4 is 45.1 Å². The molecule has 2 fully saturated rings. The molecule has 0 atom stereocenters. The third-order valence-corrected chi connectivity index (χ3v) is 11.3. The normalized spacial score (nSPS) is 15.3. The average Bonchev–Trinajstić information content (AvgIpc) is 3.18. The van der Waals surface area contributed by atoms with Gasteiger partial charge in [0.05, 0.1) is 42.2 Å². The summed E-state index contributed by atoms with van der Waals surface area (Å²) in [6, 6.07) is 7.62. The molecule has 300 valence electrons. The molecule has 19 heteroatoms. The van der Waals surface area contributed by atoms with E-state index in [4.69, 9.17) is 20.9 Å². The fourth-order valence-corrected chi connectivity index (χ4v) is 7.82. The van der Waals surface area contributed by atoms with Crippen LogP contribution in [-0.2, 0) is 10.0 Å². The molecule has 2 aromatic heterocycles. The summed E-state index contributed by atoms with van der Waals surface area (Å²) in [7, 11) is -0.410. The molecular formula is C37H46F2N10O6S. The number of nitrogen functional groups attached to an aromatic ring is 2. The number of ketones is 2. The van der Waals surface area contributed by atoms with Crippen LogP contribution in [0.1, 0.15) is 70.9 Å². The number of nitrogens with two attached hydrogens (primary N) is 2. The number of sulfonamides is 1. The fraction of sp³-hybridized carbons (Fsp3) is 0.405. The minimum atomic E-state index is -3.21. The van der Waals surface area contributed by atoms with Crippen molar-refractivity contribution in [3.8, 4) is 11.5 Å². The summed E-state index contributed by atoms with van der Waals surface area (Å²) in [6.07, 6.45) is 6.37. The monoisotopic (exact) mass is 796 g/mol. The van der Waals surface area contributed by atoms with E-state index >= 15 is 0 Å². The third-order valence-electron chi connectivity index (χ3n) is 9.25. The lowest BCUT2D eigenvalue weighted by Crippen LogP contribution is -2.43. The van der Waals surface area contributed by atoms with Gasteiger partial charge in [-0.2, -0.15) is 9.97 Å². The number of rotatable bonds is 13. The molecule has 6 rings (SSSR count). The highest BCUT2D eigenvalue weighted by molar-refractivity contribution is 7.89. The summed E-state index contributed by atoms with van der Waals surface area (Å²) in [5.74, 6) is -0.877. The Hall–Kier alpha value is -5.53. The maximum absolute atomic E-state index is 13.6. The molecule has 0 bridgehead atoms. The molecule has 0 aliphatic carbocycles. The molecule has 0 unspecified atom stereocenters. The summed E-state index contributed by atoms with van der Waals surface area (Å²) in [5, 5.41) is 9.64. The van der Waals surface area contributed by atoms with Crippen molar-refractivity contribution in [2.75, 3.05) is 68.3 Å². The van der Waals surface area contributed by atoms with Crippen LogP contribution in [0.25, 0.3) is 0 Å². The second-order valence-corrected chi connectivity index (χ2v) is 15.2. The van der Waals surface area contributed by atoms with E-state index in [0.29, 0.717) is 38.3 Å². The Kier molecular flexibility index (Phi) is 14.0. The van der Waals surface area contributed by atoms with Gasteiger partial charge in [-0.1, -0.05) is 6.92 Å². The fourth-order valence-electron chi connectivity index (χ4n) is 6.28. The first-order chi connectivity index (χ1) is 26.8. The Morgan fingerprint density at radius 3 is 1.64 bits per heavy atom. The lowest BCUT2D eigenvalue weighted by atomic mass is 10.0. The zero-order valence-electron chi connectivity index (χ0n) is 31.3. The Balaban J connectivity index is 0.000000219. The predicted molar refractivity (Wildman–Crippen MR) is 207 cm³/mol. The van der Waals surface area contributed by atoms with Crippen LogP contribution in [-0.4, -0.2) is 102 Å². The number of anilines is 4. The van der Waals surface area contributed by atoms with E-state index < -0.39 is 33.2 Å². The molecule has 4 heterocycles. The van der Waals surface area contributed by atoms with Crippen molar-refractivity contribution in [2.45, 2.75) is 51.1 Å². The number of hydrogen-bond donors (Lipinski definition) is 5. The van der Waals surface area contributed by atoms with Crippen LogP contribution < -0.4 is 36.9 Å². The van der Waals surface area contributed by atoms with Crippen LogP contribution in [0.2, 0.25) is 0 Å². The molecule has 4 aromatic rings. The Morgan fingerprint density at radius 2 is 1.23 bits per heavy atom. The predicted octanol–water partition coefficient (Wildman–Crippen LogP) is 3.66. The van der Waals surface area contributed by atoms with Crippen molar-refractivity contribution in [1.82, 2.24) is 29.6 Å². The van der Waals surface area contributed by atoms with Gasteiger partial charge in [-0.25, -0.2) is 31.5 Å². The minimum absolute atomic E-state index is 0.0164. The van der Waals surface area contributed by atoms with Crippen molar-refractivity contribution in [3.05, 3.63) is 82.7 Å².